The SMILES string of the molecule is CCc1ccccc1NC1CCC(C)c2ccccc21. The highest BCUT2D eigenvalue weighted by Crippen LogP contribution is 2.39. The van der Waals surface area contributed by atoms with Crippen molar-refractivity contribution in [2.75, 3.05) is 5.32 Å². The van der Waals surface area contributed by atoms with E-state index in [4.69, 9.17) is 0 Å². The second-order valence-corrected chi connectivity index (χ2v) is 5.81. The Morgan fingerprint density at radius 3 is 2.45 bits per heavy atom. The Bertz CT molecular complexity index is 588. The largest absolute Gasteiger partial charge is 0.378 e. The van der Waals surface area contributed by atoms with E-state index >= 15 is 0 Å². The summed E-state index contributed by atoms with van der Waals surface area (Å²) in [6.45, 7) is 4.56. The van der Waals surface area contributed by atoms with Gasteiger partial charge in [-0.3, -0.25) is 0 Å². The van der Waals surface area contributed by atoms with Crippen molar-refractivity contribution in [3.05, 3.63) is 65.2 Å². The van der Waals surface area contributed by atoms with Gasteiger partial charge in [-0.2, -0.15) is 0 Å². The predicted octanol–water partition coefficient (Wildman–Crippen LogP) is 5.30. The van der Waals surface area contributed by atoms with Crippen LogP contribution in [0.25, 0.3) is 0 Å². The quantitative estimate of drug-likeness (QED) is 0.794. The van der Waals surface area contributed by atoms with E-state index in [1.54, 1.807) is 0 Å². The minimum absolute atomic E-state index is 0.454. The molecule has 0 bridgehead atoms. The lowest BCUT2D eigenvalue weighted by atomic mass is 9.81. The van der Waals surface area contributed by atoms with E-state index in [0.717, 1.165) is 6.42 Å². The summed E-state index contributed by atoms with van der Waals surface area (Å²) >= 11 is 0. The van der Waals surface area contributed by atoms with Crippen LogP contribution >= 0.6 is 0 Å². The molecule has 2 aromatic rings. The van der Waals surface area contributed by atoms with Gasteiger partial charge in [-0.1, -0.05) is 56.3 Å². The fourth-order valence-electron chi connectivity index (χ4n) is 3.31. The van der Waals surface area contributed by atoms with Gasteiger partial charge in [0.2, 0.25) is 0 Å². The Balaban J connectivity index is 1.91. The molecule has 1 aliphatic rings. The third-order valence-electron chi connectivity index (χ3n) is 4.52. The van der Waals surface area contributed by atoms with Crippen LogP contribution < -0.4 is 5.32 Å². The van der Waals surface area contributed by atoms with Crippen LogP contribution in [0.5, 0.6) is 0 Å². The molecule has 0 aromatic heterocycles. The standard InChI is InChI=1S/C19H23N/c1-3-15-8-4-7-11-18(15)20-19-13-12-14(2)16-9-5-6-10-17(16)19/h4-11,14,19-20H,3,12-13H2,1-2H3. The molecule has 0 spiro atoms. The summed E-state index contributed by atoms with van der Waals surface area (Å²) in [5.41, 5.74) is 5.70. The highest BCUT2D eigenvalue weighted by Gasteiger charge is 2.24. The molecule has 1 aliphatic carbocycles. The molecule has 0 amide bonds. The Hall–Kier alpha value is -1.76. The van der Waals surface area contributed by atoms with Gasteiger partial charge in [-0.15, -0.1) is 0 Å². The van der Waals surface area contributed by atoms with Crippen molar-refractivity contribution in [1.82, 2.24) is 0 Å². The summed E-state index contributed by atoms with van der Waals surface area (Å²) in [6.07, 6.45) is 3.56. The number of benzene rings is 2. The number of aryl methyl sites for hydroxylation is 1. The summed E-state index contributed by atoms with van der Waals surface area (Å²) in [6, 6.07) is 18.0. The second-order valence-electron chi connectivity index (χ2n) is 5.81. The Labute approximate surface area is 122 Å². The maximum atomic E-state index is 3.78. The molecule has 2 atom stereocenters. The Morgan fingerprint density at radius 1 is 0.950 bits per heavy atom. The molecule has 0 saturated carbocycles. The van der Waals surface area contributed by atoms with Gasteiger partial charge in [0.25, 0.3) is 0 Å². The average molecular weight is 265 g/mol. The maximum Gasteiger partial charge on any atom is 0.0516 e. The minimum Gasteiger partial charge on any atom is -0.378 e. The molecule has 2 unspecified atom stereocenters. The third kappa shape index (κ3) is 2.45. The zero-order valence-electron chi connectivity index (χ0n) is 12.4. The molecule has 104 valence electrons. The highest BCUT2D eigenvalue weighted by molar-refractivity contribution is 5.53. The van der Waals surface area contributed by atoms with Gasteiger partial charge in [0.1, 0.15) is 0 Å². The molecule has 0 fully saturated rings. The zero-order chi connectivity index (χ0) is 13.9. The van der Waals surface area contributed by atoms with E-state index in [0.29, 0.717) is 12.0 Å². The van der Waals surface area contributed by atoms with E-state index in [-0.39, 0.29) is 0 Å². The summed E-state index contributed by atoms with van der Waals surface area (Å²) in [5.74, 6) is 0.686. The van der Waals surface area contributed by atoms with Crippen molar-refractivity contribution in [1.29, 1.82) is 0 Å². The van der Waals surface area contributed by atoms with Gasteiger partial charge in [0.15, 0.2) is 0 Å². The van der Waals surface area contributed by atoms with Crippen LogP contribution in [-0.2, 0) is 6.42 Å². The number of nitrogens with one attached hydrogen (secondary N) is 1. The van der Waals surface area contributed by atoms with E-state index in [9.17, 15) is 0 Å². The molecule has 0 aliphatic heterocycles. The summed E-state index contributed by atoms with van der Waals surface area (Å²) in [4.78, 5) is 0. The van der Waals surface area contributed by atoms with E-state index in [1.807, 2.05) is 0 Å². The van der Waals surface area contributed by atoms with Gasteiger partial charge in [-0.05, 0) is 47.9 Å². The van der Waals surface area contributed by atoms with Gasteiger partial charge >= 0.3 is 0 Å². The average Bonchev–Trinajstić information content (AvgIpc) is 2.51. The minimum atomic E-state index is 0.454. The number of hydrogen-bond acceptors (Lipinski definition) is 1. The molecule has 1 heteroatoms. The molecule has 20 heavy (non-hydrogen) atoms. The van der Waals surface area contributed by atoms with Crippen LogP contribution in [0, 0.1) is 0 Å². The maximum absolute atomic E-state index is 3.78. The van der Waals surface area contributed by atoms with Gasteiger partial charge in [0.05, 0.1) is 6.04 Å². The topological polar surface area (TPSA) is 12.0 Å². The Morgan fingerprint density at radius 2 is 1.65 bits per heavy atom. The number of anilines is 1. The van der Waals surface area contributed by atoms with Crippen LogP contribution in [-0.4, -0.2) is 0 Å². The molecular formula is C19H23N. The van der Waals surface area contributed by atoms with Crippen LogP contribution in [0.15, 0.2) is 48.5 Å². The zero-order valence-corrected chi connectivity index (χ0v) is 12.4. The van der Waals surface area contributed by atoms with Crippen molar-refractivity contribution in [2.45, 2.75) is 45.1 Å². The second kappa shape index (κ2) is 5.70. The van der Waals surface area contributed by atoms with Crippen molar-refractivity contribution in [3.63, 3.8) is 0 Å². The van der Waals surface area contributed by atoms with E-state index in [2.05, 4.69) is 67.7 Å². The smallest absolute Gasteiger partial charge is 0.0516 e. The first-order chi connectivity index (χ1) is 9.79. The predicted molar refractivity (Wildman–Crippen MR) is 86.3 cm³/mol. The van der Waals surface area contributed by atoms with E-state index in [1.165, 1.54) is 35.2 Å². The molecular weight excluding hydrogens is 242 g/mol. The molecule has 3 rings (SSSR count). The summed E-state index contributed by atoms with van der Waals surface area (Å²) in [7, 11) is 0. The number of fused-ring (bicyclic) bond motifs is 1. The lowest BCUT2D eigenvalue weighted by molar-refractivity contribution is 0.534. The summed E-state index contributed by atoms with van der Waals surface area (Å²) < 4.78 is 0. The molecule has 2 aromatic carbocycles. The first-order valence-corrected chi connectivity index (χ1v) is 7.73. The lowest BCUT2D eigenvalue weighted by Gasteiger charge is -2.31. The van der Waals surface area contributed by atoms with Gasteiger partial charge < -0.3 is 5.32 Å². The normalized spacial score (nSPS) is 21.3. The van der Waals surface area contributed by atoms with Crippen LogP contribution in [0.4, 0.5) is 5.69 Å². The third-order valence-corrected chi connectivity index (χ3v) is 4.52. The number of rotatable bonds is 3. The van der Waals surface area contributed by atoms with Gasteiger partial charge in [0, 0.05) is 5.69 Å². The van der Waals surface area contributed by atoms with E-state index < -0.39 is 0 Å². The molecule has 0 radical (unpaired) electrons. The van der Waals surface area contributed by atoms with Crippen LogP contribution in [0.3, 0.4) is 0 Å². The fraction of sp³-hybridized carbons (Fsp3) is 0.368. The van der Waals surface area contributed by atoms with Gasteiger partial charge in [-0.25, -0.2) is 0 Å². The van der Waals surface area contributed by atoms with Crippen molar-refractivity contribution >= 4 is 5.69 Å². The van der Waals surface area contributed by atoms with Crippen LogP contribution in [0.2, 0.25) is 0 Å². The first-order valence-electron chi connectivity index (χ1n) is 7.73. The Kier molecular flexibility index (Phi) is 3.77. The molecule has 1 N–H and O–H groups in total. The van der Waals surface area contributed by atoms with Crippen molar-refractivity contribution in [3.8, 4) is 0 Å². The van der Waals surface area contributed by atoms with Crippen molar-refractivity contribution < 1.29 is 0 Å². The monoisotopic (exact) mass is 265 g/mol. The van der Waals surface area contributed by atoms with Crippen molar-refractivity contribution in [2.24, 2.45) is 0 Å². The summed E-state index contributed by atoms with van der Waals surface area (Å²) in [5, 5.41) is 3.78. The van der Waals surface area contributed by atoms with Crippen LogP contribution in [0.1, 0.15) is 55.3 Å². The number of hydrogen-bond donors (Lipinski definition) is 1. The number of para-hydroxylation sites is 1. The highest BCUT2D eigenvalue weighted by atomic mass is 14.9. The molecule has 0 heterocycles. The fourth-order valence-corrected chi connectivity index (χ4v) is 3.31. The first kappa shape index (κ1) is 13.2. The lowest BCUT2D eigenvalue weighted by Crippen LogP contribution is -2.19. The molecule has 0 saturated heterocycles. The molecule has 1 nitrogen and oxygen atoms in total.